The summed E-state index contributed by atoms with van der Waals surface area (Å²) in [5.41, 5.74) is 2.46. The highest BCUT2D eigenvalue weighted by Gasteiger charge is 2.20. The molecule has 0 aromatic heterocycles. The lowest BCUT2D eigenvalue weighted by atomic mass is 10.1. The van der Waals surface area contributed by atoms with Gasteiger partial charge in [0.15, 0.2) is 0 Å². The van der Waals surface area contributed by atoms with E-state index in [-0.39, 0.29) is 29.5 Å². The topological polar surface area (TPSA) is 86.7 Å². The molecule has 2 rings (SSSR count). The zero-order valence-electron chi connectivity index (χ0n) is 16.6. The maximum atomic E-state index is 12.9. The van der Waals surface area contributed by atoms with E-state index < -0.39 is 10.0 Å². The molecule has 6 nitrogen and oxygen atoms in total. The van der Waals surface area contributed by atoms with E-state index in [1.165, 1.54) is 16.5 Å². The van der Waals surface area contributed by atoms with Gasteiger partial charge in [0.1, 0.15) is 0 Å². The molecule has 2 aromatic rings. The summed E-state index contributed by atoms with van der Waals surface area (Å²) in [6.45, 7) is 3.84. The number of anilines is 1. The number of unbranched alkanes of at least 4 members (excludes halogenated alkanes) is 1. The Morgan fingerprint density at radius 1 is 1.14 bits per heavy atom. The lowest BCUT2D eigenvalue weighted by molar-refractivity contribution is 0.0766. The van der Waals surface area contributed by atoms with Gasteiger partial charge in [0.05, 0.1) is 11.5 Å². The van der Waals surface area contributed by atoms with Crippen molar-refractivity contribution in [2.24, 2.45) is 0 Å². The normalized spacial score (nSPS) is 11.3. The number of amides is 1. The van der Waals surface area contributed by atoms with Crippen molar-refractivity contribution >= 4 is 21.6 Å². The Labute approximate surface area is 167 Å². The van der Waals surface area contributed by atoms with Gasteiger partial charge in [0, 0.05) is 24.8 Å². The molecule has 0 heterocycles. The second-order valence-electron chi connectivity index (χ2n) is 6.84. The minimum atomic E-state index is -3.84. The van der Waals surface area contributed by atoms with Crippen LogP contribution in [-0.4, -0.2) is 44.5 Å². The van der Waals surface area contributed by atoms with Crippen LogP contribution in [0.15, 0.2) is 47.4 Å². The Bertz CT molecular complexity index is 909. The van der Waals surface area contributed by atoms with Crippen LogP contribution in [0, 0.1) is 6.92 Å². The first-order chi connectivity index (χ1) is 13.3. The standard InChI is InChI=1S/C21H28N2O4S/c1-4-5-6-17-8-11-19(12-9-17)22-28(26,27)20-15-18(10-7-16(20)2)21(25)23(3)13-14-24/h7-12,15,22,24H,4-6,13-14H2,1-3H3. The molecule has 0 unspecified atom stereocenters. The van der Waals surface area contributed by atoms with Crippen LogP contribution in [0.2, 0.25) is 0 Å². The Balaban J connectivity index is 2.25. The minimum absolute atomic E-state index is 0.0609. The van der Waals surface area contributed by atoms with Gasteiger partial charge in [-0.2, -0.15) is 0 Å². The molecular formula is C21H28N2O4S. The van der Waals surface area contributed by atoms with Crippen molar-refractivity contribution in [3.05, 3.63) is 59.2 Å². The van der Waals surface area contributed by atoms with Gasteiger partial charge in [-0.1, -0.05) is 31.5 Å². The maximum Gasteiger partial charge on any atom is 0.262 e. The van der Waals surface area contributed by atoms with Crippen molar-refractivity contribution in [3.63, 3.8) is 0 Å². The van der Waals surface area contributed by atoms with Gasteiger partial charge < -0.3 is 10.0 Å². The molecule has 7 heteroatoms. The predicted molar refractivity (Wildman–Crippen MR) is 111 cm³/mol. The zero-order chi connectivity index (χ0) is 20.7. The first-order valence-corrected chi connectivity index (χ1v) is 10.9. The fourth-order valence-electron chi connectivity index (χ4n) is 2.83. The van der Waals surface area contributed by atoms with E-state index >= 15 is 0 Å². The Morgan fingerprint density at radius 2 is 1.82 bits per heavy atom. The summed E-state index contributed by atoms with van der Waals surface area (Å²) in [7, 11) is -2.28. The number of carbonyl (C=O) groups excluding carboxylic acids is 1. The van der Waals surface area contributed by atoms with Gasteiger partial charge in [0.2, 0.25) is 0 Å². The molecule has 0 aliphatic rings. The molecule has 0 radical (unpaired) electrons. The number of likely N-dealkylation sites (N-methyl/N-ethyl adjacent to an activating group) is 1. The molecule has 2 N–H and O–H groups in total. The second kappa shape index (κ2) is 9.71. The van der Waals surface area contributed by atoms with Crippen LogP contribution in [0.3, 0.4) is 0 Å². The van der Waals surface area contributed by atoms with Gasteiger partial charge in [-0.15, -0.1) is 0 Å². The maximum absolute atomic E-state index is 12.9. The van der Waals surface area contributed by atoms with E-state index in [9.17, 15) is 13.2 Å². The predicted octanol–water partition coefficient (Wildman–Crippen LogP) is 3.20. The summed E-state index contributed by atoms with van der Waals surface area (Å²) in [5.74, 6) is -0.342. The first kappa shape index (κ1) is 21.9. The molecule has 0 bridgehead atoms. The van der Waals surface area contributed by atoms with E-state index in [1.807, 2.05) is 12.1 Å². The number of aryl methyl sites for hydroxylation is 2. The van der Waals surface area contributed by atoms with Crippen LogP contribution < -0.4 is 4.72 Å². The number of rotatable bonds is 9. The molecular weight excluding hydrogens is 376 g/mol. The van der Waals surface area contributed by atoms with Crippen molar-refractivity contribution in [1.29, 1.82) is 0 Å². The lowest BCUT2D eigenvalue weighted by Crippen LogP contribution is -2.29. The van der Waals surface area contributed by atoms with E-state index in [0.717, 1.165) is 19.3 Å². The lowest BCUT2D eigenvalue weighted by Gasteiger charge is -2.17. The van der Waals surface area contributed by atoms with E-state index in [0.29, 0.717) is 11.3 Å². The van der Waals surface area contributed by atoms with Crippen LogP contribution in [-0.2, 0) is 16.4 Å². The number of nitrogens with one attached hydrogen (secondary N) is 1. The average Bonchev–Trinajstić information content (AvgIpc) is 2.67. The molecule has 0 spiro atoms. The summed E-state index contributed by atoms with van der Waals surface area (Å²) in [6.07, 6.45) is 3.17. The van der Waals surface area contributed by atoms with E-state index in [2.05, 4.69) is 11.6 Å². The number of aliphatic hydroxyl groups excluding tert-OH is 1. The third kappa shape index (κ3) is 5.56. The summed E-state index contributed by atoms with van der Waals surface area (Å²) < 4.78 is 28.3. The van der Waals surface area contributed by atoms with Gasteiger partial charge >= 0.3 is 0 Å². The number of hydrogen-bond acceptors (Lipinski definition) is 4. The third-order valence-electron chi connectivity index (χ3n) is 4.53. The van der Waals surface area contributed by atoms with Crippen molar-refractivity contribution in [1.82, 2.24) is 4.90 Å². The molecule has 0 saturated carbocycles. The third-order valence-corrected chi connectivity index (χ3v) is 6.06. The number of benzene rings is 2. The fourth-order valence-corrected chi connectivity index (χ4v) is 4.16. The Hall–Kier alpha value is -2.38. The number of carbonyl (C=O) groups is 1. The summed E-state index contributed by atoms with van der Waals surface area (Å²) >= 11 is 0. The minimum Gasteiger partial charge on any atom is -0.395 e. The van der Waals surface area contributed by atoms with Crippen molar-refractivity contribution in [2.45, 2.75) is 38.0 Å². The summed E-state index contributed by atoms with van der Waals surface area (Å²) in [6, 6.07) is 11.9. The first-order valence-electron chi connectivity index (χ1n) is 9.37. The second-order valence-corrected chi connectivity index (χ2v) is 8.49. The Morgan fingerprint density at radius 3 is 2.43 bits per heavy atom. The molecule has 0 atom stereocenters. The van der Waals surface area contributed by atoms with Crippen LogP contribution in [0.1, 0.15) is 41.3 Å². The molecule has 0 aliphatic carbocycles. The highest BCUT2D eigenvalue weighted by atomic mass is 32.2. The SMILES string of the molecule is CCCCc1ccc(NS(=O)(=O)c2cc(C(=O)N(C)CCO)ccc2C)cc1. The summed E-state index contributed by atoms with van der Waals surface area (Å²) in [4.78, 5) is 13.8. The van der Waals surface area contributed by atoms with Crippen LogP contribution >= 0.6 is 0 Å². The molecule has 0 aliphatic heterocycles. The van der Waals surface area contributed by atoms with Gasteiger partial charge in [-0.25, -0.2) is 8.42 Å². The highest BCUT2D eigenvalue weighted by molar-refractivity contribution is 7.92. The number of hydrogen-bond donors (Lipinski definition) is 2. The van der Waals surface area contributed by atoms with Gasteiger partial charge in [0.25, 0.3) is 15.9 Å². The fraction of sp³-hybridized carbons (Fsp3) is 0.381. The molecule has 2 aromatic carbocycles. The van der Waals surface area contributed by atoms with Crippen LogP contribution in [0.25, 0.3) is 0 Å². The highest BCUT2D eigenvalue weighted by Crippen LogP contribution is 2.22. The summed E-state index contributed by atoms with van der Waals surface area (Å²) in [5, 5.41) is 8.99. The number of aliphatic hydroxyl groups is 1. The molecule has 28 heavy (non-hydrogen) atoms. The van der Waals surface area contributed by atoms with Crippen molar-refractivity contribution in [2.75, 3.05) is 24.9 Å². The van der Waals surface area contributed by atoms with Crippen molar-refractivity contribution in [3.8, 4) is 0 Å². The van der Waals surface area contributed by atoms with Crippen LogP contribution in [0.5, 0.6) is 0 Å². The van der Waals surface area contributed by atoms with Crippen LogP contribution in [0.4, 0.5) is 5.69 Å². The number of nitrogens with zero attached hydrogens (tertiary/aromatic N) is 1. The van der Waals surface area contributed by atoms with E-state index in [1.54, 1.807) is 38.2 Å². The van der Waals surface area contributed by atoms with Gasteiger partial charge in [-0.3, -0.25) is 9.52 Å². The molecule has 152 valence electrons. The molecule has 1 amide bonds. The molecule has 0 fully saturated rings. The smallest absolute Gasteiger partial charge is 0.262 e. The molecule has 0 saturated heterocycles. The van der Waals surface area contributed by atoms with E-state index in [4.69, 9.17) is 5.11 Å². The Kier molecular flexibility index (Phi) is 7.60. The number of sulfonamides is 1. The largest absolute Gasteiger partial charge is 0.395 e. The zero-order valence-corrected chi connectivity index (χ0v) is 17.4. The monoisotopic (exact) mass is 404 g/mol. The average molecular weight is 405 g/mol. The quantitative estimate of drug-likeness (QED) is 0.672. The van der Waals surface area contributed by atoms with Crippen molar-refractivity contribution < 1.29 is 18.3 Å². The van der Waals surface area contributed by atoms with Gasteiger partial charge in [-0.05, 0) is 55.2 Å².